The monoisotopic (exact) mass is 2240 g/mol. The van der Waals surface area contributed by atoms with Crippen LogP contribution in [0.5, 0.6) is 17.2 Å². The predicted octanol–water partition coefficient (Wildman–Crippen LogP) is 23.3. The quantitative estimate of drug-likeness (QED) is 0.0103. The molecule has 0 bridgehead atoms. The van der Waals surface area contributed by atoms with Crippen molar-refractivity contribution >= 4 is 193 Å². The molecule has 0 spiro atoms. The van der Waals surface area contributed by atoms with Crippen molar-refractivity contribution in [2.75, 3.05) is 112 Å². The molecule has 5 aliphatic carbocycles. The first kappa shape index (κ1) is 123. The van der Waals surface area contributed by atoms with E-state index in [2.05, 4.69) is 42.0 Å². The summed E-state index contributed by atoms with van der Waals surface area (Å²) in [5, 5.41) is 38.0. The molecule has 0 unspecified atom stereocenters. The maximum Gasteiger partial charge on any atom is 2.00 e. The van der Waals surface area contributed by atoms with Crippen molar-refractivity contribution in [2.24, 2.45) is 35.3 Å². The number of carbonyl (C=O) groups excluding carboxylic acids is 4. The molecular weight excluding hydrogens is 2090 g/mol. The molecule has 7 aliphatic rings. The van der Waals surface area contributed by atoms with Crippen LogP contribution in [0.3, 0.4) is 0 Å². The molecule has 34 heteroatoms. The second-order valence-corrected chi connectivity index (χ2v) is 44.7. The smallest absolute Gasteiger partial charge is 1.00 e. The van der Waals surface area contributed by atoms with E-state index in [4.69, 9.17) is 90.5 Å². The third-order valence-corrected chi connectivity index (χ3v) is 35.2. The van der Waals surface area contributed by atoms with E-state index >= 15 is 0 Å². The van der Waals surface area contributed by atoms with Crippen molar-refractivity contribution in [2.45, 2.75) is 271 Å². The maximum absolute atomic E-state index is 12.5. The normalized spacial score (nSPS) is 19.9. The summed E-state index contributed by atoms with van der Waals surface area (Å²) in [4.78, 5) is 71.7. The molecule has 794 valence electrons. The van der Waals surface area contributed by atoms with Gasteiger partial charge in [-0.1, -0.05) is 53.5 Å². The van der Waals surface area contributed by atoms with Crippen molar-refractivity contribution < 1.29 is 94.1 Å². The predicted molar refractivity (Wildman–Crippen MR) is 600 cm³/mol. The molecule has 0 amide bonds. The Hall–Kier alpha value is -8.04. The van der Waals surface area contributed by atoms with Crippen molar-refractivity contribution in [3.8, 4) is 17.2 Å². The van der Waals surface area contributed by atoms with Gasteiger partial charge in [0.25, 0.3) is 0 Å². The Kier molecular flexibility index (Phi) is 51.3. The fourth-order valence-electron chi connectivity index (χ4n) is 19.5. The van der Waals surface area contributed by atoms with Crippen LogP contribution in [0.2, 0.25) is 0 Å². The van der Waals surface area contributed by atoms with Crippen LogP contribution in [-0.4, -0.2) is 177 Å². The molecule has 5 saturated carbocycles. The van der Waals surface area contributed by atoms with Gasteiger partial charge < -0.3 is 111 Å². The Labute approximate surface area is 918 Å². The number of anilines is 4. The number of aryl methyl sites for hydroxylation is 1. The van der Waals surface area contributed by atoms with E-state index in [0.717, 1.165) is 190 Å². The van der Waals surface area contributed by atoms with Gasteiger partial charge in [0.2, 0.25) is 0 Å². The number of aliphatic hydroxyl groups excluding tert-OH is 2. The molecule has 0 radical (unpaired) electrons. The molecule has 2 aliphatic heterocycles. The topological polar surface area (TPSA) is 393 Å². The minimum atomic E-state index is -0.957. The van der Waals surface area contributed by atoms with E-state index in [9.17, 15) is 34.5 Å². The Morgan fingerprint density at radius 2 is 0.733 bits per heavy atom. The number of esters is 4. The van der Waals surface area contributed by atoms with E-state index in [1.165, 1.54) is 182 Å². The van der Waals surface area contributed by atoms with Crippen molar-refractivity contribution in [1.82, 2.24) is 24.9 Å². The zero-order valence-corrected chi connectivity index (χ0v) is 95.6. The zero-order valence-electron chi connectivity index (χ0n) is 87.0. The van der Waals surface area contributed by atoms with Gasteiger partial charge in [-0.2, -0.15) is 0 Å². The first-order valence-electron chi connectivity index (χ1n) is 50.4. The van der Waals surface area contributed by atoms with Crippen LogP contribution in [0.25, 0.3) is 51.1 Å². The number of nitrogens with zero attached hydrogens (tertiary/aromatic N) is 5. The van der Waals surface area contributed by atoms with E-state index in [1.807, 2.05) is 91.9 Å². The Morgan fingerprint density at radius 1 is 0.425 bits per heavy atom. The number of rotatable bonds is 22. The number of hydrogen-bond acceptors (Lipinski definition) is 31. The minimum absolute atomic E-state index is 0. The largest absolute Gasteiger partial charge is 2.00 e. The van der Waals surface area contributed by atoms with Crippen molar-refractivity contribution in [3.63, 3.8) is 0 Å². The minimum Gasteiger partial charge on any atom is -1.00 e. The second-order valence-electron chi connectivity index (χ2n) is 38.5. The summed E-state index contributed by atoms with van der Waals surface area (Å²) < 4.78 is 51.3. The number of halogens is 2. The summed E-state index contributed by atoms with van der Waals surface area (Å²) in [6.07, 6.45) is 32.6. The Morgan fingerprint density at radius 3 is 1.05 bits per heavy atom. The summed E-state index contributed by atoms with van der Waals surface area (Å²) in [5.74, 6) is 6.94. The molecule has 12 aromatic rings. The van der Waals surface area contributed by atoms with Gasteiger partial charge in [0.1, 0.15) is 17.2 Å². The summed E-state index contributed by atoms with van der Waals surface area (Å²) in [7, 11) is 10.4. The van der Waals surface area contributed by atoms with E-state index < -0.39 is 17.5 Å². The summed E-state index contributed by atoms with van der Waals surface area (Å²) in [6, 6.07) is 30.3. The van der Waals surface area contributed by atoms with Gasteiger partial charge in [-0.15, -0.1) is 56.7 Å². The Bertz CT molecular complexity index is 5790. The number of aromatic nitrogens is 5. The van der Waals surface area contributed by atoms with Crippen molar-refractivity contribution in [1.29, 1.82) is 0 Å². The van der Waals surface area contributed by atoms with Gasteiger partial charge in [0.15, 0.2) is 0 Å². The first-order chi connectivity index (χ1) is 68.6. The van der Waals surface area contributed by atoms with Crippen LogP contribution in [-0.2, 0) is 47.1 Å². The molecule has 5 aromatic heterocycles. The molecule has 19 rings (SSSR count). The molecule has 7 aromatic carbocycles. The van der Waals surface area contributed by atoms with Gasteiger partial charge in [0.05, 0.1) is 159 Å². The van der Waals surface area contributed by atoms with E-state index in [0.29, 0.717) is 100 Å². The number of nitrogens with two attached hydrogens (primary N) is 4. The third kappa shape index (κ3) is 33.7. The van der Waals surface area contributed by atoms with E-state index in [1.54, 1.807) is 104 Å². The summed E-state index contributed by atoms with van der Waals surface area (Å²) in [6.45, 7) is 18.0. The number of benzene rings is 7. The number of nitrogens with one attached hydrogen (secondary N) is 1. The molecule has 26 nitrogen and oxygen atoms in total. The van der Waals surface area contributed by atoms with Gasteiger partial charge in [-0.05, 0) is 316 Å². The number of ether oxygens (including phenoxy) is 9. The van der Waals surface area contributed by atoms with Crippen LogP contribution in [0.1, 0.15) is 334 Å². The number of fused-ring (bicyclic) bond motifs is 5. The molecule has 2 saturated heterocycles. The first-order valence-corrected chi connectivity index (χ1v) is 55.3. The average molecular weight is 2240 g/mol. The van der Waals surface area contributed by atoms with Crippen LogP contribution in [0.15, 0.2) is 102 Å². The number of carbonyl (C=O) groups is 4. The number of methoxy groups -OCH3 is 7. The molecule has 12 N–H and O–H groups in total. The summed E-state index contributed by atoms with van der Waals surface area (Å²) in [5.41, 5.74) is 35.0. The summed E-state index contributed by atoms with van der Waals surface area (Å²) >= 11 is 12.0. The number of hydrogen-bond donors (Lipinski definition) is 8. The van der Waals surface area contributed by atoms with Gasteiger partial charge in [-0.3, -0.25) is 0 Å². The fraction of sp³-hybridized carbons (Fsp3) is 0.536. The van der Waals surface area contributed by atoms with Crippen LogP contribution >= 0.6 is 72.6 Å². The third-order valence-electron chi connectivity index (χ3n) is 28.7. The molecule has 146 heavy (non-hydrogen) atoms. The Balaban J connectivity index is 0.000000212. The van der Waals surface area contributed by atoms with E-state index in [-0.39, 0.29) is 73.4 Å². The zero-order chi connectivity index (χ0) is 102. The molecule has 7 fully saturated rings. The molecule has 7 heterocycles. The standard InChI is InChI=1S/C26H32N2O4S.C17H20BrNO2S.C17H24N2O2S.C17H22N2O2S.C16H20N2O3S.C9H13NO.2C4H8O.CH4.CH3.BrH.Mg/c1-5-16-6-8-17(9-7-16)25-28-22-13-20(26(29)32-4)21(14-24(22)33-25)27-15-18-10-11-19(30-2)12-23(18)31-3;1-3-10-4-6-11(7-5-10)16-19-14-8-12(17(20)21-2)13(18)9-15(14)22-16;1-17(2,21)12-7-14-15(8-13(12)18)22-16(19-14)11-5-3-10(9-20)4-6-11;1-3-10-4-6-11(7-5-10)16-19-14-8-12(17(20)21-2)13(18)9-15(14)22-16;1-21-16(20)11-6-13-14(7-12(11)17)22-15(18-13)10-4-2-9(8-19)3-5-10;1-7-5-9(11-2)4-3-8(7)6-10;2*1-2-4-5-3-1;;;;/h10-14,16-17,27H,5-9,15H2,1-4H3;8-11H,3-7H2,1-2H3;7-8,10-11,20-21H,3-6,9,18H2,1-2H3;8-11H,3-7,18H2,1-2H3;6-7,9-10,19H,2-5,8,17H2,1H3;3-5H,6,10H2,1-2H3;2*1-4H2;1H4;1H3;1H;/q;;;;;;;;;-1;;+2/p-1. The van der Waals surface area contributed by atoms with Gasteiger partial charge in [-0.25, -0.2) is 44.1 Å². The number of thiazole rings is 5. The molecule has 0 atom stereocenters. The fourth-order valence-corrected chi connectivity index (χ4v) is 26.0. The molecular formula is C112H154Br2MgN10O16S5. The number of nitrogen functional groups attached to an aromatic ring is 3. The van der Waals surface area contributed by atoms with Crippen LogP contribution < -0.4 is 59.4 Å². The SMILES string of the molecule is C.C1CCOC1.C1CCOC1.CC(C)(O)c1cc2nc(C3CCC(CO)CC3)sc2cc1N.CCC1CCC(c2nc3cc(C(=O)OC)c(Br)cc3s2)CC1.CCC1CCC(c2nc3cc(C(=O)OC)c(N)cc3s2)CC1.CCC1CCC(c2nc3cc(C(=O)OC)c(NCc4ccc(OC)cc4OC)cc3s2)CC1.COC(=O)c1cc2nc(C3CCC(CO)CC3)sc2cc1N.COc1ccc(CN)c(C)c1.[Br-].[CH3-].[Mg+2]. The van der Waals surface area contributed by atoms with Gasteiger partial charge >= 0.3 is 46.9 Å². The second kappa shape index (κ2) is 60.9. The van der Waals surface area contributed by atoms with Crippen molar-refractivity contribution in [3.05, 3.63) is 179 Å². The number of aliphatic hydroxyl groups is 3. The maximum atomic E-state index is 12.5. The van der Waals surface area contributed by atoms with Crippen LogP contribution in [0, 0.1) is 43.9 Å². The average Bonchev–Trinajstić information content (AvgIpc) is 1.64. The van der Waals surface area contributed by atoms with Crippen LogP contribution in [0.4, 0.5) is 22.7 Å². The van der Waals surface area contributed by atoms with Gasteiger partial charge in [0, 0.05) is 121 Å².